The predicted octanol–water partition coefficient (Wildman–Crippen LogP) is 3.12. The number of aromatic nitrogens is 1. The van der Waals surface area contributed by atoms with Crippen LogP contribution in [0.1, 0.15) is 23.2 Å². The van der Waals surface area contributed by atoms with Gasteiger partial charge in [-0.15, -0.1) is 11.8 Å². The fourth-order valence-electron chi connectivity index (χ4n) is 2.69. The Kier molecular flexibility index (Phi) is 4.31. The van der Waals surface area contributed by atoms with Gasteiger partial charge in [0.2, 0.25) is 0 Å². The molecule has 1 aliphatic carbocycles. The van der Waals surface area contributed by atoms with E-state index in [2.05, 4.69) is 15.6 Å². The van der Waals surface area contributed by atoms with Crippen molar-refractivity contribution in [2.45, 2.75) is 23.9 Å². The number of hydrogen-bond acceptors (Lipinski definition) is 4. The van der Waals surface area contributed by atoms with Crippen molar-refractivity contribution >= 4 is 35.1 Å². The van der Waals surface area contributed by atoms with Crippen molar-refractivity contribution in [1.82, 2.24) is 10.3 Å². The summed E-state index contributed by atoms with van der Waals surface area (Å²) in [6.45, 7) is 0.622. The Morgan fingerprint density at radius 3 is 2.92 bits per heavy atom. The second kappa shape index (κ2) is 6.76. The van der Waals surface area contributed by atoms with Crippen LogP contribution in [-0.2, 0) is 0 Å². The van der Waals surface area contributed by atoms with Crippen LogP contribution in [0, 0.1) is 0 Å². The lowest BCUT2D eigenvalue weighted by Gasteiger charge is -2.28. The maximum Gasteiger partial charge on any atom is 0.326 e. The third kappa shape index (κ3) is 3.61. The molecule has 1 saturated carbocycles. The number of rotatable bonds is 3. The molecule has 25 heavy (non-hydrogen) atoms. The quantitative estimate of drug-likeness (QED) is 0.888. The van der Waals surface area contributed by atoms with Gasteiger partial charge in [-0.05, 0) is 43.2 Å². The van der Waals surface area contributed by atoms with Crippen LogP contribution in [0.25, 0.3) is 0 Å². The van der Waals surface area contributed by atoms with Gasteiger partial charge < -0.3 is 10.6 Å². The number of amides is 3. The molecule has 4 rings (SSSR count). The number of thioether (sulfide) groups is 1. The largest absolute Gasteiger partial charge is 0.349 e. The molecular formula is C18H18N4O2S. The van der Waals surface area contributed by atoms with Crippen molar-refractivity contribution in [2.24, 2.45) is 0 Å². The lowest BCUT2D eigenvalue weighted by molar-refractivity contribution is 0.0951. The molecule has 7 heteroatoms. The van der Waals surface area contributed by atoms with Gasteiger partial charge in [-0.25, -0.2) is 9.78 Å². The van der Waals surface area contributed by atoms with Crippen LogP contribution in [0.3, 0.4) is 0 Å². The monoisotopic (exact) mass is 354 g/mol. The van der Waals surface area contributed by atoms with Gasteiger partial charge in [0, 0.05) is 35.8 Å². The molecule has 0 saturated heterocycles. The zero-order valence-electron chi connectivity index (χ0n) is 13.6. The molecule has 0 unspecified atom stereocenters. The van der Waals surface area contributed by atoms with Crippen LogP contribution in [0.2, 0.25) is 0 Å². The van der Waals surface area contributed by atoms with Gasteiger partial charge in [-0.2, -0.15) is 0 Å². The van der Waals surface area contributed by atoms with Crippen LogP contribution in [0.5, 0.6) is 0 Å². The Morgan fingerprint density at radius 1 is 1.20 bits per heavy atom. The Hall–Kier alpha value is -2.54. The van der Waals surface area contributed by atoms with Crippen LogP contribution >= 0.6 is 11.8 Å². The van der Waals surface area contributed by atoms with E-state index in [0.29, 0.717) is 23.8 Å². The third-order valence-corrected chi connectivity index (χ3v) is 5.10. The number of hydrogen-bond donors (Lipinski definition) is 2. The molecule has 0 spiro atoms. The van der Waals surface area contributed by atoms with Crippen molar-refractivity contribution in [3.05, 3.63) is 48.2 Å². The van der Waals surface area contributed by atoms with E-state index in [4.69, 9.17) is 0 Å². The van der Waals surface area contributed by atoms with Crippen LogP contribution in [0.15, 0.2) is 47.6 Å². The fourth-order valence-corrected chi connectivity index (χ4v) is 3.62. The summed E-state index contributed by atoms with van der Waals surface area (Å²) >= 11 is 1.65. The summed E-state index contributed by atoms with van der Waals surface area (Å²) < 4.78 is 0. The lowest BCUT2D eigenvalue weighted by Crippen LogP contribution is -2.39. The Morgan fingerprint density at radius 2 is 2.08 bits per heavy atom. The Labute approximate surface area is 150 Å². The topological polar surface area (TPSA) is 74.3 Å². The first kappa shape index (κ1) is 16.0. The molecule has 1 aromatic carbocycles. The smallest absolute Gasteiger partial charge is 0.326 e. The zero-order valence-corrected chi connectivity index (χ0v) is 14.4. The van der Waals surface area contributed by atoms with Crippen molar-refractivity contribution in [3.8, 4) is 0 Å². The molecule has 0 bridgehead atoms. The summed E-state index contributed by atoms with van der Waals surface area (Å²) in [5.41, 5.74) is 1.98. The molecule has 128 valence electrons. The summed E-state index contributed by atoms with van der Waals surface area (Å²) in [5.74, 6) is 0.712. The molecule has 6 nitrogen and oxygen atoms in total. The maximum absolute atomic E-state index is 12.7. The number of benzene rings is 1. The molecular weight excluding hydrogens is 336 g/mol. The highest BCUT2D eigenvalue weighted by molar-refractivity contribution is 7.99. The summed E-state index contributed by atoms with van der Waals surface area (Å²) in [6, 6.07) is 10.8. The van der Waals surface area contributed by atoms with E-state index in [1.54, 1.807) is 47.1 Å². The molecule has 2 aromatic rings. The molecule has 2 heterocycles. The minimum Gasteiger partial charge on any atom is -0.349 e. The molecule has 2 N–H and O–H groups in total. The fraction of sp³-hybridized carbons (Fsp3) is 0.278. The standard InChI is InChI=1S/C18H18N4O2S/c23-16(20-13-6-7-13)12-3-1-4-14(11-12)21-18(24)22-9-10-25-17-15(22)5-2-8-19-17/h1-5,8,11,13H,6-7,9-10H2,(H,20,23)(H,21,24). The van der Waals surface area contributed by atoms with Crippen molar-refractivity contribution in [3.63, 3.8) is 0 Å². The number of pyridine rings is 1. The van der Waals surface area contributed by atoms with Gasteiger partial charge in [0.15, 0.2) is 0 Å². The number of carbonyl (C=O) groups is 2. The number of urea groups is 1. The first-order valence-corrected chi connectivity index (χ1v) is 9.26. The van der Waals surface area contributed by atoms with Crippen molar-refractivity contribution < 1.29 is 9.59 Å². The number of nitrogens with one attached hydrogen (secondary N) is 2. The third-order valence-electron chi connectivity index (χ3n) is 4.13. The van der Waals surface area contributed by atoms with Gasteiger partial charge in [-0.3, -0.25) is 9.69 Å². The minimum atomic E-state index is -0.214. The van der Waals surface area contributed by atoms with Gasteiger partial charge >= 0.3 is 6.03 Å². The summed E-state index contributed by atoms with van der Waals surface area (Å²) in [5, 5.41) is 6.70. The molecule has 1 aliphatic heterocycles. The molecule has 3 amide bonds. The normalized spacial score (nSPS) is 16.1. The van der Waals surface area contributed by atoms with Crippen molar-refractivity contribution in [2.75, 3.05) is 22.5 Å². The minimum absolute atomic E-state index is 0.0949. The molecule has 0 atom stereocenters. The SMILES string of the molecule is O=C(NC1CC1)c1cccc(NC(=O)N2CCSc3ncccc32)c1. The Bertz CT molecular complexity index is 822. The highest BCUT2D eigenvalue weighted by Gasteiger charge is 2.25. The van der Waals surface area contributed by atoms with Crippen LogP contribution < -0.4 is 15.5 Å². The summed E-state index contributed by atoms with van der Waals surface area (Å²) in [7, 11) is 0. The van der Waals surface area contributed by atoms with E-state index in [1.807, 2.05) is 12.1 Å². The van der Waals surface area contributed by atoms with E-state index >= 15 is 0 Å². The molecule has 0 radical (unpaired) electrons. The second-order valence-corrected chi connectivity index (χ2v) is 7.17. The van der Waals surface area contributed by atoms with E-state index in [-0.39, 0.29) is 11.9 Å². The molecule has 1 aromatic heterocycles. The van der Waals surface area contributed by atoms with Gasteiger partial charge in [-0.1, -0.05) is 6.07 Å². The average Bonchev–Trinajstić information content (AvgIpc) is 3.45. The summed E-state index contributed by atoms with van der Waals surface area (Å²) in [4.78, 5) is 30.8. The van der Waals surface area contributed by atoms with Crippen LogP contribution in [0.4, 0.5) is 16.2 Å². The van der Waals surface area contributed by atoms with Gasteiger partial charge in [0.1, 0.15) is 5.03 Å². The highest BCUT2D eigenvalue weighted by Crippen LogP contribution is 2.32. The maximum atomic E-state index is 12.7. The first-order valence-electron chi connectivity index (χ1n) is 8.28. The van der Waals surface area contributed by atoms with Gasteiger partial charge in [0.05, 0.1) is 5.69 Å². The average molecular weight is 354 g/mol. The van der Waals surface area contributed by atoms with E-state index in [0.717, 1.165) is 29.3 Å². The van der Waals surface area contributed by atoms with Crippen molar-refractivity contribution in [1.29, 1.82) is 0 Å². The molecule has 1 fully saturated rings. The van der Waals surface area contributed by atoms with E-state index < -0.39 is 0 Å². The highest BCUT2D eigenvalue weighted by atomic mass is 32.2. The van der Waals surface area contributed by atoms with E-state index in [9.17, 15) is 9.59 Å². The molecule has 2 aliphatic rings. The Balaban J connectivity index is 1.49. The summed E-state index contributed by atoms with van der Waals surface area (Å²) in [6.07, 6.45) is 3.82. The first-order chi connectivity index (χ1) is 12.2. The predicted molar refractivity (Wildman–Crippen MR) is 98.3 cm³/mol. The second-order valence-electron chi connectivity index (χ2n) is 6.09. The van der Waals surface area contributed by atoms with E-state index in [1.165, 1.54) is 0 Å². The lowest BCUT2D eigenvalue weighted by atomic mass is 10.2. The number of fused-ring (bicyclic) bond motifs is 1. The van der Waals surface area contributed by atoms with Crippen LogP contribution in [-0.4, -0.2) is 35.3 Å². The van der Waals surface area contributed by atoms with Gasteiger partial charge in [0.25, 0.3) is 5.91 Å². The number of anilines is 2. The number of carbonyl (C=O) groups excluding carboxylic acids is 2. The zero-order chi connectivity index (χ0) is 17.2. The number of nitrogens with zero attached hydrogens (tertiary/aromatic N) is 2.